The molecule has 1 aromatic carbocycles. The predicted molar refractivity (Wildman–Crippen MR) is 86.3 cm³/mol. The smallest absolute Gasteiger partial charge is 0.451 e. The second-order valence-corrected chi connectivity index (χ2v) is 7.63. The molecular formula is C15H18F3NO6S. The summed E-state index contributed by atoms with van der Waals surface area (Å²) < 4.78 is 68.2. The van der Waals surface area contributed by atoms with Crippen molar-refractivity contribution in [3.63, 3.8) is 0 Å². The Kier molecular flexibility index (Phi) is 6.29. The van der Waals surface area contributed by atoms with Crippen LogP contribution in [0.15, 0.2) is 12.1 Å². The second kappa shape index (κ2) is 7.52. The van der Waals surface area contributed by atoms with Gasteiger partial charge in [-0.15, -0.1) is 0 Å². The summed E-state index contributed by atoms with van der Waals surface area (Å²) in [5.41, 5.74) is -0.723. The molecule has 0 aliphatic carbocycles. The van der Waals surface area contributed by atoms with Gasteiger partial charge < -0.3 is 9.84 Å². The summed E-state index contributed by atoms with van der Waals surface area (Å²) in [6, 6.07) is 1.75. The molecule has 0 saturated carbocycles. The number of benzene rings is 1. The van der Waals surface area contributed by atoms with Crippen LogP contribution in [0.5, 0.6) is 5.75 Å². The maximum absolute atomic E-state index is 12.9. The Labute approximate surface area is 148 Å². The van der Waals surface area contributed by atoms with E-state index >= 15 is 0 Å². The minimum atomic E-state index is -5.37. The Bertz CT molecular complexity index is 817. The minimum absolute atomic E-state index is 0.173. The summed E-state index contributed by atoms with van der Waals surface area (Å²) in [5.74, 6) is -7.21. The molecule has 0 fully saturated rings. The Hall–Kier alpha value is -2.30. The molecule has 0 aliphatic heterocycles. The number of ether oxygens (including phenoxy) is 1. The molecule has 146 valence electrons. The molecule has 1 atom stereocenters. The van der Waals surface area contributed by atoms with Gasteiger partial charge >= 0.3 is 12.1 Å². The number of phenolic OH excluding ortho intramolecular Hbond substituents is 1. The highest BCUT2D eigenvalue weighted by Crippen LogP contribution is 2.37. The minimum Gasteiger partial charge on any atom is -0.508 e. The molecule has 0 heterocycles. The summed E-state index contributed by atoms with van der Waals surface area (Å²) in [6.45, 7) is 4.13. The molecule has 0 spiro atoms. The summed E-state index contributed by atoms with van der Waals surface area (Å²) in [4.78, 5) is 23.8. The second-order valence-electron chi connectivity index (χ2n) is 5.88. The number of halogens is 3. The number of rotatable bonds is 6. The fraction of sp³-hybridized carbons (Fsp3) is 0.467. The van der Waals surface area contributed by atoms with Crippen molar-refractivity contribution < 1.29 is 41.0 Å². The van der Waals surface area contributed by atoms with Gasteiger partial charge in [-0.2, -0.15) is 13.2 Å². The van der Waals surface area contributed by atoms with Gasteiger partial charge in [-0.05, 0) is 38.5 Å². The topological polar surface area (TPSA) is 110 Å². The van der Waals surface area contributed by atoms with Crippen molar-refractivity contribution >= 4 is 27.5 Å². The average Bonchev–Trinajstić information content (AvgIpc) is 2.40. The Balaban J connectivity index is 3.57. The lowest BCUT2D eigenvalue weighted by Crippen LogP contribution is -2.35. The number of Topliss-reactive ketones (excluding diaryl/α,β-unsaturated/α-hetero) is 1. The zero-order valence-corrected chi connectivity index (χ0v) is 15.2. The number of anilines is 1. The van der Waals surface area contributed by atoms with Gasteiger partial charge in [-0.1, -0.05) is 0 Å². The molecule has 26 heavy (non-hydrogen) atoms. The number of esters is 1. The van der Waals surface area contributed by atoms with E-state index in [2.05, 4.69) is 0 Å². The summed E-state index contributed by atoms with van der Waals surface area (Å²) in [7, 11) is -3.80. The molecule has 0 aromatic heterocycles. The summed E-state index contributed by atoms with van der Waals surface area (Å²) in [6.07, 6.45) is -5.38. The highest BCUT2D eigenvalue weighted by molar-refractivity contribution is 7.92. The lowest BCUT2D eigenvalue weighted by Gasteiger charge is -2.20. The first-order valence-electron chi connectivity index (χ1n) is 7.26. The van der Waals surface area contributed by atoms with E-state index in [1.54, 1.807) is 0 Å². The molecule has 0 aliphatic rings. The standard InChI is InChI=1S/C15H18F3NO6S/c1-7(2)25-14(22)12(13(21)15(16,17)18)9-6-10(19-26(4,23)24)8(3)5-11(9)20/h5-7,12,19-20H,1-4H3/t12-/m0/s1. The Morgan fingerprint density at radius 1 is 1.23 bits per heavy atom. The zero-order chi connectivity index (χ0) is 20.4. The van der Waals surface area contributed by atoms with Crippen molar-refractivity contribution in [2.45, 2.75) is 39.0 Å². The van der Waals surface area contributed by atoms with E-state index < -0.39 is 51.3 Å². The monoisotopic (exact) mass is 397 g/mol. The van der Waals surface area contributed by atoms with Crippen LogP contribution in [0.3, 0.4) is 0 Å². The quantitative estimate of drug-likeness (QED) is 0.433. The molecule has 1 aromatic rings. The molecular weight excluding hydrogens is 379 g/mol. The maximum atomic E-state index is 12.9. The van der Waals surface area contributed by atoms with Crippen molar-refractivity contribution in [3.8, 4) is 5.75 Å². The van der Waals surface area contributed by atoms with E-state index in [9.17, 15) is 36.3 Å². The fourth-order valence-electron chi connectivity index (χ4n) is 2.09. The van der Waals surface area contributed by atoms with Crippen molar-refractivity contribution in [1.82, 2.24) is 0 Å². The van der Waals surface area contributed by atoms with Crippen molar-refractivity contribution in [1.29, 1.82) is 0 Å². The zero-order valence-electron chi connectivity index (χ0n) is 14.3. The maximum Gasteiger partial charge on any atom is 0.451 e. The van der Waals surface area contributed by atoms with E-state index in [1.807, 2.05) is 4.72 Å². The van der Waals surface area contributed by atoms with Crippen LogP contribution in [0, 0.1) is 6.92 Å². The first-order chi connectivity index (χ1) is 11.6. The van der Waals surface area contributed by atoms with Crippen LogP contribution in [0.2, 0.25) is 0 Å². The van der Waals surface area contributed by atoms with Gasteiger partial charge in [-0.3, -0.25) is 14.3 Å². The van der Waals surface area contributed by atoms with Crippen LogP contribution in [-0.2, 0) is 24.3 Å². The molecule has 0 bridgehead atoms. The van der Waals surface area contributed by atoms with Crippen LogP contribution in [-0.4, -0.2) is 43.8 Å². The Morgan fingerprint density at radius 3 is 2.19 bits per heavy atom. The first-order valence-corrected chi connectivity index (χ1v) is 9.15. The van der Waals surface area contributed by atoms with Crippen LogP contribution in [0.1, 0.15) is 30.9 Å². The van der Waals surface area contributed by atoms with Gasteiger partial charge in [0.1, 0.15) is 5.75 Å². The number of ketones is 1. The van der Waals surface area contributed by atoms with E-state index in [-0.39, 0.29) is 11.3 Å². The van der Waals surface area contributed by atoms with Crippen LogP contribution < -0.4 is 4.72 Å². The SMILES string of the molecule is Cc1cc(O)c([C@H](C(=O)OC(C)C)C(=O)C(F)(F)F)cc1NS(C)(=O)=O. The average molecular weight is 397 g/mol. The molecule has 7 nitrogen and oxygen atoms in total. The molecule has 11 heteroatoms. The number of alkyl halides is 3. The molecule has 2 N–H and O–H groups in total. The number of aromatic hydroxyl groups is 1. The number of carbonyl (C=O) groups excluding carboxylic acids is 2. The highest BCUT2D eigenvalue weighted by atomic mass is 32.2. The number of carbonyl (C=O) groups is 2. The highest BCUT2D eigenvalue weighted by Gasteiger charge is 2.49. The third-order valence-corrected chi connectivity index (χ3v) is 3.70. The number of nitrogens with one attached hydrogen (secondary N) is 1. The predicted octanol–water partition coefficient (Wildman–Crippen LogP) is 2.24. The Morgan fingerprint density at radius 2 is 1.77 bits per heavy atom. The number of sulfonamides is 1. The van der Waals surface area contributed by atoms with Gasteiger partial charge in [0.2, 0.25) is 10.0 Å². The van der Waals surface area contributed by atoms with E-state index in [0.29, 0.717) is 0 Å². The lowest BCUT2D eigenvalue weighted by atomic mass is 9.92. The van der Waals surface area contributed by atoms with E-state index in [1.165, 1.54) is 20.8 Å². The lowest BCUT2D eigenvalue weighted by molar-refractivity contribution is -0.178. The molecule has 0 unspecified atom stereocenters. The van der Waals surface area contributed by atoms with E-state index in [4.69, 9.17) is 4.74 Å². The van der Waals surface area contributed by atoms with Crippen LogP contribution in [0.25, 0.3) is 0 Å². The first kappa shape index (κ1) is 21.7. The van der Waals surface area contributed by atoms with Crippen molar-refractivity contribution in [3.05, 3.63) is 23.3 Å². The summed E-state index contributed by atoms with van der Waals surface area (Å²) >= 11 is 0. The molecule has 0 radical (unpaired) electrons. The van der Waals surface area contributed by atoms with Crippen LogP contribution >= 0.6 is 0 Å². The molecule has 0 saturated heterocycles. The fourth-order valence-corrected chi connectivity index (χ4v) is 2.71. The third-order valence-electron chi connectivity index (χ3n) is 3.11. The van der Waals surface area contributed by atoms with Crippen LogP contribution in [0.4, 0.5) is 18.9 Å². The third kappa shape index (κ3) is 5.61. The number of phenols is 1. The normalized spacial score (nSPS) is 13.4. The number of hydrogen-bond donors (Lipinski definition) is 2. The van der Waals surface area contributed by atoms with Crippen molar-refractivity contribution in [2.75, 3.05) is 11.0 Å². The van der Waals surface area contributed by atoms with Gasteiger partial charge in [0.15, 0.2) is 5.92 Å². The largest absolute Gasteiger partial charge is 0.508 e. The molecule has 1 rings (SSSR count). The van der Waals surface area contributed by atoms with Crippen molar-refractivity contribution in [2.24, 2.45) is 0 Å². The molecule has 0 amide bonds. The number of aryl methyl sites for hydroxylation is 1. The van der Waals surface area contributed by atoms with Gasteiger partial charge in [0.05, 0.1) is 18.0 Å². The summed E-state index contributed by atoms with van der Waals surface area (Å²) in [5, 5.41) is 9.98. The van der Waals surface area contributed by atoms with Gasteiger partial charge in [-0.25, -0.2) is 8.42 Å². The van der Waals surface area contributed by atoms with Gasteiger partial charge in [0, 0.05) is 5.56 Å². The van der Waals surface area contributed by atoms with Gasteiger partial charge in [0.25, 0.3) is 5.78 Å². The number of hydrogen-bond acceptors (Lipinski definition) is 6. The van der Waals surface area contributed by atoms with E-state index in [0.717, 1.165) is 18.4 Å².